The normalized spacial score (nSPS) is 9.52. The van der Waals surface area contributed by atoms with Crippen LogP contribution in [0.4, 0.5) is 8.78 Å². The van der Waals surface area contributed by atoms with Gasteiger partial charge in [-0.2, -0.15) is 0 Å². The van der Waals surface area contributed by atoms with E-state index >= 15 is 0 Å². The minimum Gasteiger partial charge on any atom is -0.855 e. The third kappa shape index (κ3) is 13.1. The molecule has 0 amide bonds. The third-order valence-electron chi connectivity index (χ3n) is 6.45. The zero-order valence-corrected chi connectivity index (χ0v) is 32.5. The van der Waals surface area contributed by atoms with Gasteiger partial charge in [0.05, 0.1) is 5.56 Å². The van der Waals surface area contributed by atoms with Gasteiger partial charge in [-0.3, -0.25) is 18.4 Å². The van der Waals surface area contributed by atoms with Crippen molar-refractivity contribution in [2.75, 3.05) is 18.5 Å². The molecule has 0 fully saturated rings. The quantitative estimate of drug-likeness (QED) is 0.168. The summed E-state index contributed by atoms with van der Waals surface area (Å²) in [6.45, 7) is 7.08. The van der Waals surface area contributed by atoms with Crippen molar-refractivity contribution in [2.24, 2.45) is 0 Å². The molecule has 0 aliphatic heterocycles. The molecule has 6 rings (SSSR count). The Bertz CT molecular complexity index is 2360. The van der Waals surface area contributed by atoms with Crippen LogP contribution in [-0.2, 0) is 6.42 Å². The first-order chi connectivity index (χ1) is 24.7. The van der Waals surface area contributed by atoms with Crippen molar-refractivity contribution in [3.63, 3.8) is 0 Å². The van der Waals surface area contributed by atoms with Crippen LogP contribution in [0.25, 0.3) is 17.4 Å². The molecule has 0 bridgehead atoms. The van der Waals surface area contributed by atoms with Gasteiger partial charge in [-0.05, 0) is 74.0 Å². The summed E-state index contributed by atoms with van der Waals surface area (Å²) in [5, 5.41) is 17.2. The molecule has 0 aliphatic carbocycles. The van der Waals surface area contributed by atoms with Crippen molar-refractivity contribution in [1.29, 1.82) is 0 Å². The largest absolute Gasteiger partial charge is 1.00 e. The maximum atomic E-state index is 13.1. The molecule has 0 atom stereocenters. The van der Waals surface area contributed by atoms with E-state index in [0.717, 1.165) is 5.56 Å². The summed E-state index contributed by atoms with van der Waals surface area (Å²) in [6.07, 6.45) is 8.47. The van der Waals surface area contributed by atoms with Crippen LogP contribution >= 0.6 is 15.9 Å². The number of aliphatic hydroxyl groups is 1. The first-order valence-corrected chi connectivity index (χ1v) is 16.7. The third-order valence-corrected chi connectivity index (χ3v) is 6.85. The summed E-state index contributed by atoms with van der Waals surface area (Å²) in [5.41, 5.74) is 4.51. The number of nitrogens with zero attached hydrogens (tertiary/aromatic N) is 4. The Kier molecular flexibility index (Phi) is 19.2. The van der Waals surface area contributed by atoms with E-state index in [2.05, 4.69) is 56.2 Å². The molecule has 0 unspecified atom stereocenters. The van der Waals surface area contributed by atoms with E-state index in [4.69, 9.17) is 10.2 Å². The van der Waals surface area contributed by atoms with Gasteiger partial charge in [0.2, 0.25) is 0 Å². The number of pyridine rings is 2. The molecule has 6 aromatic rings. The number of aryl methyl sites for hydroxylation is 1. The van der Waals surface area contributed by atoms with Gasteiger partial charge in [0.15, 0.2) is 0 Å². The van der Waals surface area contributed by atoms with Crippen molar-refractivity contribution in [2.45, 2.75) is 20.3 Å². The van der Waals surface area contributed by atoms with Crippen LogP contribution in [0.3, 0.4) is 0 Å². The fourth-order valence-electron chi connectivity index (χ4n) is 4.19. The summed E-state index contributed by atoms with van der Waals surface area (Å²) in [6, 6.07) is 19.1. The molecule has 8 nitrogen and oxygen atoms in total. The van der Waals surface area contributed by atoms with E-state index in [-0.39, 0.29) is 65.5 Å². The van der Waals surface area contributed by atoms with Gasteiger partial charge in [0.1, 0.15) is 22.9 Å². The SMILES string of the molecule is C=Cc1cnc2cc(C#Cc3cccc(F)c3)ccn2c1=O.CCO.CC[O-].O=c1c(CCBr)cnc2cc(C#Cc3cccc(F)c3)ccn12.[Na+]. The number of fused-ring (bicyclic) bond motifs is 2. The summed E-state index contributed by atoms with van der Waals surface area (Å²) < 4.78 is 29.2. The van der Waals surface area contributed by atoms with E-state index in [1.54, 1.807) is 81.0 Å². The van der Waals surface area contributed by atoms with Crippen molar-refractivity contribution in [1.82, 2.24) is 18.8 Å². The van der Waals surface area contributed by atoms with Crippen molar-refractivity contribution < 1.29 is 48.6 Å². The first kappa shape index (κ1) is 43.4. The summed E-state index contributed by atoms with van der Waals surface area (Å²) in [4.78, 5) is 32.8. The van der Waals surface area contributed by atoms with Gasteiger partial charge < -0.3 is 10.2 Å². The minimum atomic E-state index is -0.324. The number of hydrogen-bond acceptors (Lipinski definition) is 6. The summed E-state index contributed by atoms with van der Waals surface area (Å²) in [5.74, 6) is 11.0. The molecule has 0 radical (unpaired) electrons. The molecule has 52 heavy (non-hydrogen) atoms. The Hall–Kier alpha value is -4.72. The monoisotopic (exact) mass is 774 g/mol. The predicted molar refractivity (Wildman–Crippen MR) is 199 cm³/mol. The molecule has 260 valence electrons. The number of benzene rings is 2. The number of aliphatic hydroxyl groups excluding tert-OH is 1. The Morgan fingerprint density at radius 3 is 1.63 bits per heavy atom. The van der Waals surface area contributed by atoms with E-state index in [1.807, 2.05) is 0 Å². The van der Waals surface area contributed by atoms with Crippen molar-refractivity contribution in [3.8, 4) is 23.7 Å². The van der Waals surface area contributed by atoms with Crippen LogP contribution in [0, 0.1) is 35.3 Å². The van der Waals surface area contributed by atoms with Crippen molar-refractivity contribution >= 4 is 33.3 Å². The molecule has 2 aromatic carbocycles. The zero-order chi connectivity index (χ0) is 37.2. The molecule has 12 heteroatoms. The van der Waals surface area contributed by atoms with Gasteiger partial charge in [0.25, 0.3) is 11.1 Å². The summed E-state index contributed by atoms with van der Waals surface area (Å²) >= 11 is 3.32. The van der Waals surface area contributed by atoms with Gasteiger partial charge in [-0.1, -0.05) is 71.3 Å². The molecule has 4 heterocycles. The molecular weight excluding hydrogens is 741 g/mol. The van der Waals surface area contributed by atoms with E-state index in [1.165, 1.54) is 45.3 Å². The fraction of sp³-hybridized carbons (Fsp3) is 0.150. The van der Waals surface area contributed by atoms with Gasteiger partial charge in [-0.15, -0.1) is 6.61 Å². The molecule has 0 spiro atoms. The molecular formula is C40H34BrF2N4NaO4. The first-order valence-electron chi connectivity index (χ1n) is 15.6. The smallest absolute Gasteiger partial charge is 0.855 e. The average molecular weight is 776 g/mol. The molecule has 0 saturated heterocycles. The number of halogens is 3. The average Bonchev–Trinajstić information content (AvgIpc) is 3.12. The molecule has 0 saturated carbocycles. The van der Waals surface area contributed by atoms with Gasteiger partial charge in [-0.25, -0.2) is 18.7 Å². The minimum absolute atomic E-state index is 0. The summed E-state index contributed by atoms with van der Waals surface area (Å²) in [7, 11) is 0. The number of hydrogen-bond donors (Lipinski definition) is 1. The van der Waals surface area contributed by atoms with Crippen LogP contribution in [0.1, 0.15) is 47.2 Å². The fourth-order valence-corrected chi connectivity index (χ4v) is 4.62. The predicted octanol–water partition coefficient (Wildman–Crippen LogP) is 2.42. The zero-order valence-electron chi connectivity index (χ0n) is 28.9. The second kappa shape index (κ2) is 23.0. The van der Waals surface area contributed by atoms with Crippen LogP contribution in [0.5, 0.6) is 0 Å². The molecule has 0 aliphatic rings. The standard InChI is InChI=1S/C18H12BrFN2O.C18H11FN2O.C2H6O.C2H5O.Na/c19-8-6-15-12-21-17-11-14(7-9-22(17)18(15)23)5-4-13-2-1-3-16(20)10-13;1-2-15-12-20-17-11-14(8-9-21(17)18(15)22)7-6-13-4-3-5-16(19)10-13;2*1-2-3;/h1-3,7,9-12H,6,8H2;2-5,8-12H,1H2;3H,2H2,1H3;2H2,1H3;/q;;;-1;+1. The van der Waals surface area contributed by atoms with Crippen LogP contribution in [0.15, 0.2) is 114 Å². The Balaban J connectivity index is 0.000000308. The molecule has 4 aromatic heterocycles. The molecule has 1 N–H and O–H groups in total. The van der Waals surface area contributed by atoms with Gasteiger partial charge in [0, 0.05) is 64.5 Å². The van der Waals surface area contributed by atoms with Crippen molar-refractivity contribution in [3.05, 3.63) is 170 Å². The second-order valence-corrected chi connectivity index (χ2v) is 11.0. The Morgan fingerprint density at radius 1 is 0.788 bits per heavy atom. The number of rotatable bonds is 3. The number of alkyl halides is 1. The maximum Gasteiger partial charge on any atom is 1.00 e. The van der Waals surface area contributed by atoms with Crippen LogP contribution in [0.2, 0.25) is 0 Å². The van der Waals surface area contributed by atoms with E-state index < -0.39 is 0 Å². The Morgan fingerprint density at radius 2 is 1.21 bits per heavy atom. The van der Waals surface area contributed by atoms with E-state index in [0.29, 0.717) is 50.9 Å². The Labute approximate surface area is 331 Å². The maximum absolute atomic E-state index is 13.1. The van der Waals surface area contributed by atoms with E-state index in [9.17, 15) is 18.4 Å². The second-order valence-electron chi connectivity index (χ2n) is 10.2. The van der Waals surface area contributed by atoms with Crippen LogP contribution < -0.4 is 45.8 Å². The van der Waals surface area contributed by atoms with Crippen LogP contribution in [-0.4, -0.2) is 42.4 Å². The number of aromatic nitrogens is 4. The van der Waals surface area contributed by atoms with Gasteiger partial charge >= 0.3 is 29.6 Å². The topological polar surface area (TPSA) is 112 Å².